The summed E-state index contributed by atoms with van der Waals surface area (Å²) in [4.78, 5) is 16.1. The van der Waals surface area contributed by atoms with E-state index in [1.165, 1.54) is 0 Å². The number of halogens is 1. The van der Waals surface area contributed by atoms with E-state index in [2.05, 4.69) is 24.1 Å². The van der Waals surface area contributed by atoms with Crippen molar-refractivity contribution >= 4 is 17.5 Å². The Morgan fingerprint density at radius 3 is 2.67 bits per heavy atom. The Hall–Kier alpha value is -1.09. The van der Waals surface area contributed by atoms with Crippen LogP contribution < -0.4 is 5.32 Å². The number of nitrogens with one attached hydrogen (secondary N) is 1. The first kappa shape index (κ1) is 15.0. The number of rotatable bonds is 6. The van der Waals surface area contributed by atoms with Crippen molar-refractivity contribution in [1.29, 1.82) is 0 Å². The van der Waals surface area contributed by atoms with Crippen molar-refractivity contribution in [2.45, 2.75) is 39.0 Å². The minimum absolute atomic E-state index is 0.0130. The molecule has 0 aliphatic carbocycles. The Balaban J connectivity index is 2.54. The summed E-state index contributed by atoms with van der Waals surface area (Å²) in [5, 5.41) is 2.86. The molecule has 0 saturated heterocycles. The number of carbonyl (C=O) groups is 1. The molecule has 100 valence electrons. The van der Waals surface area contributed by atoms with Gasteiger partial charge in [-0.2, -0.15) is 0 Å². The highest BCUT2D eigenvalue weighted by molar-refractivity contribution is 6.21. The molecular weight excluding hydrogens is 248 g/mol. The largest absolute Gasteiger partial charge is 0.350 e. The number of aromatic nitrogens is 1. The van der Waals surface area contributed by atoms with Crippen molar-refractivity contribution < 1.29 is 4.79 Å². The third-order valence-electron chi connectivity index (χ3n) is 3.27. The van der Waals surface area contributed by atoms with Crippen LogP contribution in [0.3, 0.4) is 0 Å². The van der Waals surface area contributed by atoms with Gasteiger partial charge in [0.2, 0.25) is 0 Å². The number of carbonyl (C=O) groups excluding carboxylic acids is 1. The first-order valence-corrected chi connectivity index (χ1v) is 6.87. The van der Waals surface area contributed by atoms with Gasteiger partial charge in [-0.3, -0.25) is 9.78 Å². The molecule has 3 nitrogen and oxygen atoms in total. The highest BCUT2D eigenvalue weighted by atomic mass is 35.5. The van der Waals surface area contributed by atoms with E-state index in [-0.39, 0.29) is 11.3 Å². The van der Waals surface area contributed by atoms with E-state index in [0.717, 1.165) is 18.5 Å². The summed E-state index contributed by atoms with van der Waals surface area (Å²) in [5.74, 6) is 0.346. The fourth-order valence-corrected chi connectivity index (χ4v) is 2.41. The Labute approximate surface area is 114 Å². The van der Waals surface area contributed by atoms with Gasteiger partial charge in [-0.15, -0.1) is 11.6 Å². The van der Waals surface area contributed by atoms with Crippen LogP contribution in [0.25, 0.3) is 0 Å². The lowest BCUT2D eigenvalue weighted by atomic mass is 9.99. The minimum Gasteiger partial charge on any atom is -0.350 e. The number of amides is 1. The standard InChI is InChI=1S/C14H21ClN2O/c1-4-11(5-2)13(15)9-17-14(18)12-7-6-8-16-10(12)3/h6-8,11,13H,4-5,9H2,1-3H3,(H,17,18). The van der Waals surface area contributed by atoms with Gasteiger partial charge in [-0.05, 0) is 25.0 Å². The molecule has 1 amide bonds. The van der Waals surface area contributed by atoms with E-state index in [9.17, 15) is 4.79 Å². The van der Waals surface area contributed by atoms with Crippen molar-refractivity contribution in [2.24, 2.45) is 5.92 Å². The molecule has 1 heterocycles. The van der Waals surface area contributed by atoms with Crippen molar-refractivity contribution in [2.75, 3.05) is 6.54 Å². The van der Waals surface area contributed by atoms with E-state index in [4.69, 9.17) is 11.6 Å². The monoisotopic (exact) mass is 268 g/mol. The quantitative estimate of drug-likeness (QED) is 0.806. The van der Waals surface area contributed by atoms with Crippen LogP contribution in [-0.2, 0) is 0 Å². The molecule has 1 unspecified atom stereocenters. The van der Waals surface area contributed by atoms with Crippen molar-refractivity contribution in [3.8, 4) is 0 Å². The van der Waals surface area contributed by atoms with Gasteiger partial charge < -0.3 is 5.32 Å². The predicted molar refractivity (Wildman–Crippen MR) is 75.0 cm³/mol. The smallest absolute Gasteiger partial charge is 0.253 e. The Morgan fingerprint density at radius 2 is 2.11 bits per heavy atom. The molecule has 1 aromatic heterocycles. The Morgan fingerprint density at radius 1 is 1.44 bits per heavy atom. The van der Waals surface area contributed by atoms with Crippen molar-refractivity contribution in [3.63, 3.8) is 0 Å². The number of aryl methyl sites for hydroxylation is 1. The molecule has 0 aliphatic rings. The predicted octanol–water partition coefficient (Wildman–Crippen LogP) is 3.16. The van der Waals surface area contributed by atoms with Crippen LogP contribution in [0.2, 0.25) is 0 Å². The van der Waals surface area contributed by atoms with E-state index >= 15 is 0 Å². The van der Waals surface area contributed by atoms with Crippen LogP contribution >= 0.6 is 11.6 Å². The van der Waals surface area contributed by atoms with Crippen LogP contribution in [-0.4, -0.2) is 22.8 Å². The number of pyridine rings is 1. The first-order valence-electron chi connectivity index (χ1n) is 6.44. The van der Waals surface area contributed by atoms with Gasteiger partial charge in [0.05, 0.1) is 10.9 Å². The summed E-state index contributed by atoms with van der Waals surface area (Å²) in [5.41, 5.74) is 1.36. The minimum atomic E-state index is -0.0998. The van der Waals surface area contributed by atoms with Gasteiger partial charge in [-0.25, -0.2) is 0 Å². The maximum absolute atomic E-state index is 12.0. The van der Waals surface area contributed by atoms with E-state index < -0.39 is 0 Å². The van der Waals surface area contributed by atoms with Crippen LogP contribution in [0.4, 0.5) is 0 Å². The number of hydrogen-bond donors (Lipinski definition) is 1. The molecule has 1 aromatic rings. The average Bonchev–Trinajstić information content (AvgIpc) is 2.38. The molecule has 0 fully saturated rings. The lowest BCUT2D eigenvalue weighted by Gasteiger charge is -2.19. The van der Waals surface area contributed by atoms with Crippen LogP contribution in [0.15, 0.2) is 18.3 Å². The zero-order valence-electron chi connectivity index (χ0n) is 11.2. The topological polar surface area (TPSA) is 42.0 Å². The van der Waals surface area contributed by atoms with Crippen molar-refractivity contribution in [3.05, 3.63) is 29.6 Å². The summed E-state index contributed by atoms with van der Waals surface area (Å²) >= 11 is 6.29. The normalized spacial score (nSPS) is 12.5. The molecule has 4 heteroatoms. The molecule has 1 atom stereocenters. The first-order chi connectivity index (χ1) is 8.60. The van der Waals surface area contributed by atoms with Crippen LogP contribution in [0.1, 0.15) is 42.7 Å². The average molecular weight is 269 g/mol. The van der Waals surface area contributed by atoms with Crippen LogP contribution in [0, 0.1) is 12.8 Å². The fourth-order valence-electron chi connectivity index (χ4n) is 1.98. The van der Waals surface area contributed by atoms with Crippen LogP contribution in [0.5, 0.6) is 0 Å². The Bertz CT molecular complexity index is 391. The summed E-state index contributed by atoms with van der Waals surface area (Å²) in [6.07, 6.45) is 3.75. The lowest BCUT2D eigenvalue weighted by Crippen LogP contribution is -2.33. The van der Waals surface area contributed by atoms with E-state index in [0.29, 0.717) is 18.0 Å². The second kappa shape index (κ2) is 7.37. The summed E-state index contributed by atoms with van der Waals surface area (Å²) in [7, 11) is 0. The molecule has 0 aromatic carbocycles. The van der Waals surface area contributed by atoms with E-state index in [1.807, 2.05) is 6.92 Å². The van der Waals surface area contributed by atoms with E-state index in [1.54, 1.807) is 18.3 Å². The Kier molecular flexibility index (Phi) is 6.13. The highest BCUT2D eigenvalue weighted by Gasteiger charge is 2.17. The van der Waals surface area contributed by atoms with Gasteiger partial charge in [0.1, 0.15) is 0 Å². The molecule has 0 saturated carbocycles. The van der Waals surface area contributed by atoms with Gasteiger partial charge in [0, 0.05) is 18.4 Å². The third-order valence-corrected chi connectivity index (χ3v) is 3.78. The third kappa shape index (κ3) is 3.98. The molecule has 1 N–H and O–H groups in total. The highest BCUT2D eigenvalue weighted by Crippen LogP contribution is 2.17. The summed E-state index contributed by atoms with van der Waals surface area (Å²) in [6.45, 7) is 6.57. The lowest BCUT2D eigenvalue weighted by molar-refractivity contribution is 0.0950. The SMILES string of the molecule is CCC(CC)C(Cl)CNC(=O)c1cccnc1C. The molecule has 0 aliphatic heterocycles. The summed E-state index contributed by atoms with van der Waals surface area (Å²) in [6, 6.07) is 3.54. The number of nitrogens with zero attached hydrogens (tertiary/aromatic N) is 1. The molecule has 1 rings (SSSR count). The van der Waals surface area contributed by atoms with Gasteiger partial charge in [0.25, 0.3) is 5.91 Å². The second-order valence-corrected chi connectivity index (χ2v) is 5.00. The van der Waals surface area contributed by atoms with Crippen molar-refractivity contribution in [1.82, 2.24) is 10.3 Å². The number of alkyl halides is 1. The molecule has 0 bridgehead atoms. The fraction of sp³-hybridized carbons (Fsp3) is 0.571. The van der Waals surface area contributed by atoms with Gasteiger partial charge >= 0.3 is 0 Å². The maximum Gasteiger partial charge on any atom is 0.253 e. The number of hydrogen-bond acceptors (Lipinski definition) is 2. The van der Waals surface area contributed by atoms with Gasteiger partial charge in [-0.1, -0.05) is 26.7 Å². The molecule has 0 radical (unpaired) electrons. The maximum atomic E-state index is 12.0. The second-order valence-electron chi connectivity index (χ2n) is 4.44. The zero-order valence-corrected chi connectivity index (χ0v) is 12.0. The molecule has 0 spiro atoms. The molecule has 18 heavy (non-hydrogen) atoms. The zero-order chi connectivity index (χ0) is 13.5. The summed E-state index contributed by atoms with van der Waals surface area (Å²) < 4.78 is 0. The van der Waals surface area contributed by atoms with Gasteiger partial charge in [0.15, 0.2) is 0 Å². The molecular formula is C14H21ClN2O.